The fourth-order valence-electron chi connectivity index (χ4n) is 2.50. The van der Waals surface area contributed by atoms with Gasteiger partial charge in [-0.15, -0.1) is 0 Å². The number of aromatic nitrogens is 3. The van der Waals surface area contributed by atoms with Crippen LogP contribution in [0.3, 0.4) is 0 Å². The predicted octanol–water partition coefficient (Wildman–Crippen LogP) is 2.32. The number of anilines is 1. The van der Waals surface area contributed by atoms with E-state index >= 15 is 0 Å². The van der Waals surface area contributed by atoms with Crippen molar-refractivity contribution in [3.05, 3.63) is 53.5 Å². The third-order valence-corrected chi connectivity index (χ3v) is 4.07. The summed E-state index contributed by atoms with van der Waals surface area (Å²) in [6.07, 6.45) is 3.51. The molecule has 0 fully saturated rings. The quantitative estimate of drug-likeness (QED) is 0.556. The van der Waals surface area contributed by atoms with Gasteiger partial charge in [-0.25, -0.2) is 0 Å². The maximum absolute atomic E-state index is 7.96. The Balaban J connectivity index is 2.14. The van der Waals surface area contributed by atoms with Crippen LogP contribution in [0.1, 0.15) is 16.7 Å². The molecule has 0 saturated carbocycles. The molecule has 1 radical (unpaired) electrons. The number of nitrogens with one attached hydrogen (secondary N) is 2. The first kappa shape index (κ1) is 14.8. The number of hydrogen-bond acceptors (Lipinski definition) is 4. The Bertz CT molecular complexity index is 836. The fourth-order valence-corrected chi connectivity index (χ4v) is 2.82. The summed E-state index contributed by atoms with van der Waals surface area (Å²) in [7, 11) is 1.83. The molecule has 3 aromatic rings. The van der Waals surface area contributed by atoms with Gasteiger partial charge in [0.1, 0.15) is 0 Å². The van der Waals surface area contributed by atoms with Gasteiger partial charge >= 0.3 is 137 Å². The molecule has 0 aliphatic carbocycles. The molecule has 111 valence electrons. The van der Waals surface area contributed by atoms with Gasteiger partial charge in [0, 0.05) is 0 Å². The van der Waals surface area contributed by atoms with E-state index in [0.29, 0.717) is 11.2 Å². The summed E-state index contributed by atoms with van der Waals surface area (Å²) in [6, 6.07) is 8.44. The molecule has 0 aliphatic rings. The minimum absolute atomic E-state index is 0.388. The minimum atomic E-state index is 0.388. The summed E-state index contributed by atoms with van der Waals surface area (Å²) in [5, 5.41) is 11.9. The zero-order valence-corrected chi connectivity index (χ0v) is 14.1. The van der Waals surface area contributed by atoms with Crippen molar-refractivity contribution in [2.24, 2.45) is 0 Å². The third kappa shape index (κ3) is 2.63. The maximum atomic E-state index is 7.96. The van der Waals surface area contributed by atoms with Crippen LogP contribution in [0.4, 0.5) is 5.82 Å². The molecule has 2 heterocycles. The molecule has 0 atom stereocenters. The van der Waals surface area contributed by atoms with E-state index in [1.54, 1.807) is 6.33 Å². The summed E-state index contributed by atoms with van der Waals surface area (Å²) in [6.45, 7) is 2.79. The molecular weight excluding hydrogens is 341 g/mol. The number of aryl methyl sites for hydroxylation is 1. The molecule has 0 aliphatic heterocycles. The normalized spacial score (nSPS) is 10.8. The van der Waals surface area contributed by atoms with Gasteiger partial charge in [0.05, 0.1) is 0 Å². The summed E-state index contributed by atoms with van der Waals surface area (Å²) in [4.78, 5) is 8.66. The second-order valence-electron chi connectivity index (χ2n) is 5.16. The number of rotatable bonds is 4. The molecule has 0 spiro atoms. The number of benzene rings is 1. The Hall–Kier alpha value is -2.17. The number of fused-ring (bicyclic) bond motifs is 1. The number of hydrogen-bond donors (Lipinski definition) is 2. The molecule has 0 unspecified atom stereocenters. The van der Waals surface area contributed by atoms with E-state index in [9.17, 15) is 0 Å². The van der Waals surface area contributed by atoms with E-state index in [-0.39, 0.29) is 0 Å². The van der Waals surface area contributed by atoms with Crippen LogP contribution >= 0.6 is 0 Å². The Morgan fingerprint density at radius 3 is 2.64 bits per heavy atom. The molecule has 0 saturated heterocycles. The van der Waals surface area contributed by atoms with Gasteiger partial charge in [-0.2, -0.15) is 0 Å². The summed E-state index contributed by atoms with van der Waals surface area (Å²) in [5.74, 6) is 0.739. The topological polar surface area (TPSA) is 66.6 Å². The Labute approximate surface area is 137 Å². The molecule has 0 bridgehead atoms. The van der Waals surface area contributed by atoms with Crippen LogP contribution in [0.5, 0.6) is 0 Å². The average molecular weight is 357 g/mol. The van der Waals surface area contributed by atoms with Gasteiger partial charge in [0.15, 0.2) is 0 Å². The van der Waals surface area contributed by atoms with Crippen LogP contribution in [-0.4, -0.2) is 42.2 Å². The molecule has 5 nitrogen and oxygen atoms in total. The average Bonchev–Trinajstić information content (AvgIpc) is 2.89. The summed E-state index contributed by atoms with van der Waals surface area (Å²) in [5.41, 5.74) is 4.08. The van der Waals surface area contributed by atoms with Crippen molar-refractivity contribution in [3.8, 4) is 0 Å². The molecule has 2 aromatic heterocycles. The second-order valence-corrected chi connectivity index (χ2v) is 6.01. The van der Waals surface area contributed by atoms with Gasteiger partial charge in [-0.05, 0) is 0 Å². The first-order valence-corrected chi connectivity index (χ1v) is 7.79. The SMILES string of the molecule is CNc1ncnc2c1c(C(=N)[Se])cn2Cc1ccc(C)cc1. The zero-order valence-electron chi connectivity index (χ0n) is 12.4. The predicted molar refractivity (Wildman–Crippen MR) is 89.9 cm³/mol. The standard InChI is InChI=1S/C16H16N5Se/c1-10-3-5-11(6-4-10)7-21-8-12(14(17)22)13-15(18-2)19-9-20-16(13)21/h3-6,8-9,17H,7H2,1-2H3,(H,18,19,20). The van der Waals surface area contributed by atoms with Gasteiger partial charge in [0.2, 0.25) is 0 Å². The first-order chi connectivity index (χ1) is 10.6. The van der Waals surface area contributed by atoms with E-state index in [2.05, 4.69) is 67.1 Å². The third-order valence-electron chi connectivity index (χ3n) is 3.61. The van der Waals surface area contributed by atoms with Gasteiger partial charge in [-0.1, -0.05) is 0 Å². The van der Waals surface area contributed by atoms with Crippen LogP contribution in [0.15, 0.2) is 36.8 Å². The molecule has 6 heteroatoms. The van der Waals surface area contributed by atoms with Crippen LogP contribution in [0, 0.1) is 12.3 Å². The van der Waals surface area contributed by atoms with Crippen molar-refractivity contribution < 1.29 is 0 Å². The number of nitrogens with zero attached hydrogens (tertiary/aromatic N) is 3. The van der Waals surface area contributed by atoms with E-state index in [4.69, 9.17) is 5.41 Å². The summed E-state index contributed by atoms with van der Waals surface area (Å²) >= 11 is 2.77. The van der Waals surface area contributed by atoms with Crippen molar-refractivity contribution in [2.75, 3.05) is 12.4 Å². The summed E-state index contributed by atoms with van der Waals surface area (Å²) < 4.78 is 2.45. The van der Waals surface area contributed by atoms with Crippen molar-refractivity contribution >= 4 is 37.5 Å². The van der Waals surface area contributed by atoms with Crippen molar-refractivity contribution in [1.82, 2.24) is 14.5 Å². The van der Waals surface area contributed by atoms with Crippen molar-refractivity contribution in [2.45, 2.75) is 13.5 Å². The van der Waals surface area contributed by atoms with Crippen LogP contribution < -0.4 is 5.32 Å². The first-order valence-electron chi connectivity index (χ1n) is 6.93. The molecule has 3 rings (SSSR count). The molecule has 1 aromatic carbocycles. The van der Waals surface area contributed by atoms with E-state index in [0.717, 1.165) is 22.4 Å². The molecule has 0 amide bonds. The molecule has 2 N–H and O–H groups in total. The van der Waals surface area contributed by atoms with Crippen LogP contribution in [-0.2, 0) is 6.54 Å². The van der Waals surface area contributed by atoms with Gasteiger partial charge in [-0.3, -0.25) is 0 Å². The van der Waals surface area contributed by atoms with E-state index < -0.39 is 0 Å². The monoisotopic (exact) mass is 358 g/mol. The van der Waals surface area contributed by atoms with Crippen LogP contribution in [0.25, 0.3) is 11.0 Å². The van der Waals surface area contributed by atoms with Gasteiger partial charge in [0.25, 0.3) is 0 Å². The van der Waals surface area contributed by atoms with Gasteiger partial charge < -0.3 is 0 Å². The van der Waals surface area contributed by atoms with E-state index in [1.807, 2.05) is 13.2 Å². The second kappa shape index (κ2) is 5.91. The Morgan fingerprint density at radius 2 is 2.00 bits per heavy atom. The van der Waals surface area contributed by atoms with E-state index in [1.165, 1.54) is 11.1 Å². The van der Waals surface area contributed by atoms with Crippen molar-refractivity contribution in [1.29, 1.82) is 5.41 Å². The Kier molecular flexibility index (Phi) is 3.96. The Morgan fingerprint density at radius 1 is 1.27 bits per heavy atom. The zero-order chi connectivity index (χ0) is 15.7. The van der Waals surface area contributed by atoms with Crippen molar-refractivity contribution in [3.63, 3.8) is 0 Å². The molecule has 22 heavy (non-hydrogen) atoms. The van der Waals surface area contributed by atoms with Crippen LogP contribution in [0.2, 0.25) is 0 Å². The fraction of sp³-hybridized carbons (Fsp3) is 0.188. The molecular formula is C16H16N5Se.